The van der Waals surface area contributed by atoms with Gasteiger partial charge in [0.05, 0.1) is 6.33 Å². The summed E-state index contributed by atoms with van der Waals surface area (Å²) < 4.78 is 29.1. The number of rotatable bonds is 4. The van der Waals surface area contributed by atoms with E-state index in [0.717, 1.165) is 12.8 Å². The summed E-state index contributed by atoms with van der Waals surface area (Å²) in [5.41, 5.74) is 0.545. The molecule has 1 saturated carbocycles. The average Bonchev–Trinajstić information content (AvgIpc) is 3.01. The number of nitrogens with zero attached hydrogens (tertiary/aromatic N) is 2. The molecule has 1 fully saturated rings. The maximum Gasteiger partial charge on any atom is 0.150 e. The standard InChI is InChI=1S/C13H13F2N3/c14-11-5-9(7-17-10-1-2-10)6-12(15)13(11)18-4-3-16-8-18/h3-6,8,10,17H,1-2,7H2. The van der Waals surface area contributed by atoms with E-state index < -0.39 is 11.6 Å². The molecule has 3 rings (SSSR count). The van der Waals surface area contributed by atoms with Crippen molar-refractivity contribution in [3.63, 3.8) is 0 Å². The first-order valence-corrected chi connectivity index (χ1v) is 5.93. The van der Waals surface area contributed by atoms with E-state index in [1.54, 1.807) is 0 Å². The molecule has 18 heavy (non-hydrogen) atoms. The van der Waals surface area contributed by atoms with Gasteiger partial charge < -0.3 is 9.88 Å². The molecule has 0 atom stereocenters. The number of nitrogens with one attached hydrogen (secondary N) is 1. The quantitative estimate of drug-likeness (QED) is 0.901. The number of hydrogen-bond acceptors (Lipinski definition) is 2. The Bertz CT molecular complexity index is 524. The summed E-state index contributed by atoms with van der Waals surface area (Å²) >= 11 is 0. The van der Waals surface area contributed by atoms with Crippen molar-refractivity contribution in [2.45, 2.75) is 25.4 Å². The molecule has 94 valence electrons. The van der Waals surface area contributed by atoms with Gasteiger partial charge in [-0.2, -0.15) is 0 Å². The number of halogens is 2. The second-order valence-corrected chi connectivity index (χ2v) is 4.53. The first kappa shape index (κ1) is 11.3. The SMILES string of the molecule is Fc1cc(CNC2CC2)cc(F)c1-n1ccnc1. The van der Waals surface area contributed by atoms with Crippen LogP contribution in [0.3, 0.4) is 0 Å². The molecule has 1 aliphatic rings. The van der Waals surface area contributed by atoms with Gasteiger partial charge in [0.2, 0.25) is 0 Å². The van der Waals surface area contributed by atoms with Gasteiger partial charge in [0, 0.05) is 25.0 Å². The highest BCUT2D eigenvalue weighted by Crippen LogP contribution is 2.22. The van der Waals surface area contributed by atoms with Crippen molar-refractivity contribution in [2.75, 3.05) is 0 Å². The van der Waals surface area contributed by atoms with E-state index in [1.165, 1.54) is 35.4 Å². The van der Waals surface area contributed by atoms with E-state index >= 15 is 0 Å². The van der Waals surface area contributed by atoms with Crippen molar-refractivity contribution < 1.29 is 8.78 Å². The molecule has 0 spiro atoms. The van der Waals surface area contributed by atoms with Crippen molar-refractivity contribution >= 4 is 0 Å². The lowest BCUT2D eigenvalue weighted by molar-refractivity contribution is 0.561. The monoisotopic (exact) mass is 249 g/mol. The first-order valence-electron chi connectivity index (χ1n) is 5.93. The topological polar surface area (TPSA) is 29.9 Å². The van der Waals surface area contributed by atoms with Crippen LogP contribution in [-0.2, 0) is 6.54 Å². The summed E-state index contributed by atoms with van der Waals surface area (Å²) in [6.07, 6.45) is 6.69. The van der Waals surface area contributed by atoms with Gasteiger partial charge in [-0.15, -0.1) is 0 Å². The van der Waals surface area contributed by atoms with Crippen molar-refractivity contribution in [3.8, 4) is 5.69 Å². The molecule has 5 heteroatoms. The van der Waals surface area contributed by atoms with Crippen molar-refractivity contribution in [3.05, 3.63) is 48.1 Å². The molecule has 0 aliphatic heterocycles. The minimum Gasteiger partial charge on any atom is -0.310 e. The van der Waals surface area contributed by atoms with Gasteiger partial charge in [-0.1, -0.05) is 0 Å². The molecule has 0 saturated heterocycles. The van der Waals surface area contributed by atoms with Crippen LogP contribution in [0.1, 0.15) is 18.4 Å². The Hall–Kier alpha value is -1.75. The molecule has 1 aromatic carbocycles. The normalized spacial score (nSPS) is 15.0. The fourth-order valence-corrected chi connectivity index (χ4v) is 1.91. The predicted octanol–water partition coefficient (Wildman–Crippen LogP) is 2.40. The number of aromatic nitrogens is 2. The Morgan fingerprint density at radius 3 is 2.56 bits per heavy atom. The zero-order valence-electron chi connectivity index (χ0n) is 9.74. The molecule has 2 aromatic rings. The summed E-state index contributed by atoms with van der Waals surface area (Å²) in [5.74, 6) is -1.14. The summed E-state index contributed by atoms with van der Waals surface area (Å²) in [7, 11) is 0. The molecule has 0 amide bonds. The zero-order chi connectivity index (χ0) is 12.5. The number of hydrogen-bond donors (Lipinski definition) is 1. The van der Waals surface area contributed by atoms with Gasteiger partial charge in [-0.05, 0) is 30.5 Å². The summed E-state index contributed by atoms with van der Waals surface area (Å²) in [4.78, 5) is 3.79. The van der Waals surface area contributed by atoms with E-state index in [2.05, 4.69) is 10.3 Å². The van der Waals surface area contributed by atoms with E-state index in [1.807, 2.05) is 0 Å². The molecule has 1 heterocycles. The van der Waals surface area contributed by atoms with Crippen LogP contribution < -0.4 is 5.32 Å². The van der Waals surface area contributed by atoms with Crippen molar-refractivity contribution in [1.29, 1.82) is 0 Å². The Morgan fingerprint density at radius 1 is 1.28 bits per heavy atom. The lowest BCUT2D eigenvalue weighted by Crippen LogP contribution is -2.16. The number of imidazole rings is 1. The van der Waals surface area contributed by atoms with Crippen LogP contribution in [0.2, 0.25) is 0 Å². The van der Waals surface area contributed by atoms with Crippen molar-refractivity contribution in [1.82, 2.24) is 14.9 Å². The number of benzene rings is 1. The highest BCUT2D eigenvalue weighted by Gasteiger charge is 2.20. The minimum atomic E-state index is -0.569. The molecule has 1 aliphatic carbocycles. The zero-order valence-corrected chi connectivity index (χ0v) is 9.74. The second-order valence-electron chi connectivity index (χ2n) is 4.53. The van der Waals surface area contributed by atoms with Crippen LogP contribution in [0.4, 0.5) is 8.78 Å². The fourth-order valence-electron chi connectivity index (χ4n) is 1.91. The summed E-state index contributed by atoms with van der Waals surface area (Å²) in [6.45, 7) is 0.503. The lowest BCUT2D eigenvalue weighted by atomic mass is 10.2. The van der Waals surface area contributed by atoms with Gasteiger partial charge >= 0.3 is 0 Å². The molecular weight excluding hydrogens is 236 g/mol. The third-order valence-electron chi connectivity index (χ3n) is 3.01. The largest absolute Gasteiger partial charge is 0.310 e. The molecule has 3 nitrogen and oxygen atoms in total. The Labute approximate surface area is 103 Å². The molecule has 1 N–H and O–H groups in total. The summed E-state index contributed by atoms with van der Waals surface area (Å²) in [6, 6.07) is 3.26. The Morgan fingerprint density at radius 2 is 2.00 bits per heavy atom. The minimum absolute atomic E-state index is 0.0809. The van der Waals surface area contributed by atoms with E-state index in [0.29, 0.717) is 18.2 Å². The first-order chi connectivity index (χ1) is 8.74. The predicted molar refractivity (Wildman–Crippen MR) is 63.3 cm³/mol. The average molecular weight is 249 g/mol. The van der Waals surface area contributed by atoms with Gasteiger partial charge in [-0.25, -0.2) is 13.8 Å². The van der Waals surface area contributed by atoms with Crippen LogP contribution in [-0.4, -0.2) is 15.6 Å². The van der Waals surface area contributed by atoms with Crippen LogP contribution in [0, 0.1) is 11.6 Å². The smallest absolute Gasteiger partial charge is 0.150 e. The molecular formula is C13H13F2N3. The third-order valence-corrected chi connectivity index (χ3v) is 3.01. The van der Waals surface area contributed by atoms with Crippen LogP contribution >= 0.6 is 0 Å². The second kappa shape index (κ2) is 4.49. The Kier molecular flexibility index (Phi) is 2.83. The molecule has 0 radical (unpaired) electrons. The van der Waals surface area contributed by atoms with Gasteiger partial charge in [-0.3, -0.25) is 0 Å². The molecule has 0 unspecified atom stereocenters. The maximum atomic E-state index is 13.9. The molecule has 1 aromatic heterocycles. The highest BCUT2D eigenvalue weighted by molar-refractivity contribution is 5.38. The van der Waals surface area contributed by atoms with Crippen LogP contribution in [0.5, 0.6) is 0 Å². The molecule has 0 bridgehead atoms. The maximum absolute atomic E-state index is 13.9. The van der Waals surface area contributed by atoms with Crippen molar-refractivity contribution in [2.24, 2.45) is 0 Å². The highest BCUT2D eigenvalue weighted by atomic mass is 19.1. The van der Waals surface area contributed by atoms with Crippen LogP contribution in [0.25, 0.3) is 5.69 Å². The Balaban J connectivity index is 1.87. The van der Waals surface area contributed by atoms with E-state index in [4.69, 9.17) is 0 Å². The van der Waals surface area contributed by atoms with Gasteiger partial charge in [0.25, 0.3) is 0 Å². The lowest BCUT2D eigenvalue weighted by Gasteiger charge is -2.09. The summed E-state index contributed by atoms with van der Waals surface area (Å²) in [5, 5.41) is 3.23. The van der Waals surface area contributed by atoms with Gasteiger partial charge in [0.1, 0.15) is 5.69 Å². The fraction of sp³-hybridized carbons (Fsp3) is 0.308. The van der Waals surface area contributed by atoms with Gasteiger partial charge in [0.15, 0.2) is 11.6 Å². The third kappa shape index (κ3) is 2.26. The van der Waals surface area contributed by atoms with Crippen LogP contribution in [0.15, 0.2) is 30.9 Å². The van der Waals surface area contributed by atoms with E-state index in [-0.39, 0.29) is 5.69 Å². The van der Waals surface area contributed by atoms with E-state index in [9.17, 15) is 8.78 Å².